The maximum atomic E-state index is 14.1. The lowest BCUT2D eigenvalue weighted by Gasteiger charge is -2.21. The normalized spacial score (nSPS) is 15.6. The van der Waals surface area contributed by atoms with E-state index in [1.54, 1.807) is 19.9 Å². The molecule has 3 atom stereocenters. The summed E-state index contributed by atoms with van der Waals surface area (Å²) in [6.07, 6.45) is -0.924. The minimum absolute atomic E-state index is 0.244. The fourth-order valence-corrected chi connectivity index (χ4v) is 2.17. The van der Waals surface area contributed by atoms with Crippen LogP contribution in [0.25, 0.3) is 0 Å². The summed E-state index contributed by atoms with van der Waals surface area (Å²) in [4.78, 5) is 0. The Labute approximate surface area is 119 Å². The highest BCUT2D eigenvalue weighted by Gasteiger charge is 2.22. The SMILES string of the molecule is CCC(O)C(O)CC(C)c1cc(OC)c(OC)cc1F. The second kappa shape index (κ2) is 7.45. The molecule has 3 unspecified atom stereocenters. The molecular formula is C15H23FO4. The van der Waals surface area contributed by atoms with E-state index in [2.05, 4.69) is 0 Å². The van der Waals surface area contributed by atoms with Gasteiger partial charge in [0.1, 0.15) is 5.82 Å². The molecule has 0 aromatic heterocycles. The van der Waals surface area contributed by atoms with Gasteiger partial charge in [-0.25, -0.2) is 4.39 Å². The molecule has 1 rings (SSSR count). The van der Waals surface area contributed by atoms with Crippen LogP contribution in [0.15, 0.2) is 12.1 Å². The molecule has 0 amide bonds. The van der Waals surface area contributed by atoms with Crippen LogP contribution in [0, 0.1) is 5.82 Å². The monoisotopic (exact) mass is 286 g/mol. The molecule has 0 saturated heterocycles. The van der Waals surface area contributed by atoms with Crippen molar-refractivity contribution in [2.24, 2.45) is 0 Å². The maximum Gasteiger partial charge on any atom is 0.163 e. The molecule has 0 saturated carbocycles. The van der Waals surface area contributed by atoms with Gasteiger partial charge >= 0.3 is 0 Å². The van der Waals surface area contributed by atoms with Gasteiger partial charge in [-0.05, 0) is 30.4 Å². The molecule has 0 spiro atoms. The van der Waals surface area contributed by atoms with Crippen molar-refractivity contribution >= 4 is 0 Å². The maximum absolute atomic E-state index is 14.1. The fourth-order valence-electron chi connectivity index (χ4n) is 2.17. The molecule has 0 heterocycles. The van der Waals surface area contributed by atoms with Gasteiger partial charge in [0, 0.05) is 6.07 Å². The van der Waals surface area contributed by atoms with Gasteiger partial charge in [0.15, 0.2) is 11.5 Å². The zero-order valence-electron chi connectivity index (χ0n) is 12.4. The van der Waals surface area contributed by atoms with Crippen LogP contribution in [-0.4, -0.2) is 36.6 Å². The molecule has 0 aliphatic heterocycles. The second-order valence-electron chi connectivity index (χ2n) is 4.91. The fraction of sp³-hybridized carbons (Fsp3) is 0.600. The molecule has 0 aliphatic carbocycles. The van der Waals surface area contributed by atoms with E-state index >= 15 is 0 Å². The van der Waals surface area contributed by atoms with Crippen molar-refractivity contribution in [2.45, 2.75) is 44.8 Å². The number of ether oxygens (including phenoxy) is 2. The number of methoxy groups -OCH3 is 2. The zero-order chi connectivity index (χ0) is 15.3. The lowest BCUT2D eigenvalue weighted by Crippen LogP contribution is -2.26. The number of rotatable bonds is 7. The van der Waals surface area contributed by atoms with Crippen LogP contribution < -0.4 is 9.47 Å². The molecule has 1 aromatic carbocycles. The standard InChI is InChI=1S/C15H23FO4/c1-5-12(17)13(18)6-9(2)10-7-14(19-3)15(20-4)8-11(10)16/h7-9,12-13,17-18H,5-6H2,1-4H3. The predicted molar refractivity (Wildman–Crippen MR) is 74.8 cm³/mol. The number of aliphatic hydroxyl groups excluding tert-OH is 2. The number of benzene rings is 1. The van der Waals surface area contributed by atoms with Gasteiger partial charge in [0.25, 0.3) is 0 Å². The van der Waals surface area contributed by atoms with Crippen molar-refractivity contribution in [3.8, 4) is 11.5 Å². The molecule has 0 fully saturated rings. The molecule has 0 radical (unpaired) electrons. The molecular weight excluding hydrogens is 263 g/mol. The molecule has 0 bridgehead atoms. The number of hydrogen-bond acceptors (Lipinski definition) is 4. The van der Waals surface area contributed by atoms with E-state index in [1.807, 2.05) is 0 Å². The van der Waals surface area contributed by atoms with Crippen LogP contribution in [0.3, 0.4) is 0 Å². The largest absolute Gasteiger partial charge is 0.493 e. The first-order valence-electron chi connectivity index (χ1n) is 6.72. The summed E-state index contributed by atoms with van der Waals surface area (Å²) in [5, 5.41) is 19.4. The minimum atomic E-state index is -0.873. The molecule has 114 valence electrons. The van der Waals surface area contributed by atoms with Crippen LogP contribution in [-0.2, 0) is 0 Å². The average Bonchev–Trinajstić information content (AvgIpc) is 2.45. The van der Waals surface area contributed by atoms with Gasteiger partial charge < -0.3 is 19.7 Å². The number of hydrogen-bond donors (Lipinski definition) is 2. The van der Waals surface area contributed by atoms with E-state index in [9.17, 15) is 14.6 Å². The van der Waals surface area contributed by atoms with Crippen molar-refractivity contribution in [3.63, 3.8) is 0 Å². The van der Waals surface area contributed by atoms with E-state index in [1.165, 1.54) is 20.3 Å². The summed E-state index contributed by atoms with van der Waals surface area (Å²) >= 11 is 0. The summed E-state index contributed by atoms with van der Waals surface area (Å²) in [7, 11) is 2.93. The summed E-state index contributed by atoms with van der Waals surface area (Å²) in [5.41, 5.74) is 0.435. The van der Waals surface area contributed by atoms with E-state index in [0.29, 0.717) is 23.5 Å². The Morgan fingerprint density at radius 3 is 2.15 bits per heavy atom. The van der Waals surface area contributed by atoms with Crippen LogP contribution >= 0.6 is 0 Å². The van der Waals surface area contributed by atoms with Crippen LogP contribution in [0.1, 0.15) is 38.2 Å². The summed E-state index contributed by atoms with van der Waals surface area (Å²) in [6, 6.07) is 2.84. The van der Waals surface area contributed by atoms with E-state index in [4.69, 9.17) is 9.47 Å². The molecule has 20 heavy (non-hydrogen) atoms. The van der Waals surface area contributed by atoms with Gasteiger partial charge in [-0.15, -0.1) is 0 Å². The Bertz CT molecular complexity index is 436. The Hall–Kier alpha value is -1.33. The Balaban J connectivity index is 2.95. The third kappa shape index (κ3) is 3.84. The zero-order valence-corrected chi connectivity index (χ0v) is 12.4. The Kier molecular flexibility index (Phi) is 6.23. The highest BCUT2D eigenvalue weighted by molar-refractivity contribution is 5.44. The molecule has 5 heteroatoms. The van der Waals surface area contributed by atoms with E-state index in [0.717, 1.165) is 0 Å². The smallest absolute Gasteiger partial charge is 0.163 e. The summed E-state index contributed by atoms with van der Waals surface area (Å²) < 4.78 is 24.2. The van der Waals surface area contributed by atoms with Crippen LogP contribution in [0.2, 0.25) is 0 Å². The molecule has 2 N–H and O–H groups in total. The van der Waals surface area contributed by atoms with Crippen molar-refractivity contribution in [1.82, 2.24) is 0 Å². The quantitative estimate of drug-likeness (QED) is 0.808. The second-order valence-corrected chi connectivity index (χ2v) is 4.91. The van der Waals surface area contributed by atoms with Crippen molar-refractivity contribution < 1.29 is 24.1 Å². The van der Waals surface area contributed by atoms with E-state index in [-0.39, 0.29) is 12.3 Å². The number of aliphatic hydroxyl groups is 2. The highest BCUT2D eigenvalue weighted by atomic mass is 19.1. The minimum Gasteiger partial charge on any atom is -0.493 e. The lowest BCUT2D eigenvalue weighted by atomic mass is 9.92. The molecule has 0 aliphatic rings. The van der Waals surface area contributed by atoms with Crippen molar-refractivity contribution in [3.05, 3.63) is 23.5 Å². The molecule has 4 nitrogen and oxygen atoms in total. The van der Waals surface area contributed by atoms with Gasteiger partial charge in [-0.2, -0.15) is 0 Å². The third-order valence-electron chi connectivity index (χ3n) is 3.49. The summed E-state index contributed by atoms with van der Waals surface area (Å²) in [6.45, 7) is 3.59. The first kappa shape index (κ1) is 16.7. The van der Waals surface area contributed by atoms with Gasteiger partial charge in [0.05, 0.1) is 26.4 Å². The van der Waals surface area contributed by atoms with Gasteiger partial charge in [-0.3, -0.25) is 0 Å². The van der Waals surface area contributed by atoms with E-state index < -0.39 is 18.0 Å². The first-order valence-corrected chi connectivity index (χ1v) is 6.72. The summed E-state index contributed by atoms with van der Waals surface area (Å²) in [5.74, 6) is 0.121. The Morgan fingerprint density at radius 2 is 1.65 bits per heavy atom. The van der Waals surface area contributed by atoms with Crippen molar-refractivity contribution in [1.29, 1.82) is 0 Å². The lowest BCUT2D eigenvalue weighted by molar-refractivity contribution is 0.00937. The van der Waals surface area contributed by atoms with Gasteiger partial charge in [-0.1, -0.05) is 13.8 Å². The average molecular weight is 286 g/mol. The third-order valence-corrected chi connectivity index (χ3v) is 3.49. The molecule has 1 aromatic rings. The highest BCUT2D eigenvalue weighted by Crippen LogP contribution is 2.34. The topological polar surface area (TPSA) is 58.9 Å². The van der Waals surface area contributed by atoms with Gasteiger partial charge in [0.2, 0.25) is 0 Å². The number of halogens is 1. The Morgan fingerprint density at radius 1 is 1.10 bits per heavy atom. The van der Waals surface area contributed by atoms with Crippen LogP contribution in [0.5, 0.6) is 11.5 Å². The first-order chi connectivity index (χ1) is 9.44. The van der Waals surface area contributed by atoms with Crippen LogP contribution in [0.4, 0.5) is 4.39 Å². The predicted octanol–water partition coefficient (Wildman–Crippen LogP) is 2.47. The van der Waals surface area contributed by atoms with Crippen molar-refractivity contribution in [2.75, 3.05) is 14.2 Å².